The summed E-state index contributed by atoms with van der Waals surface area (Å²) in [6.45, 7) is 6.65. The molecule has 2 aromatic rings. The lowest BCUT2D eigenvalue weighted by Gasteiger charge is -2.35. The summed E-state index contributed by atoms with van der Waals surface area (Å²) in [5.41, 5.74) is 2.12. The molecular formula is C25H31N3O5. The first-order valence-corrected chi connectivity index (χ1v) is 11.5. The van der Waals surface area contributed by atoms with Gasteiger partial charge in [-0.25, -0.2) is 0 Å². The number of nitrogens with zero attached hydrogens (tertiary/aromatic N) is 2. The molecule has 1 aromatic carbocycles. The Morgan fingerprint density at radius 1 is 0.909 bits per heavy atom. The predicted molar refractivity (Wildman–Crippen MR) is 122 cm³/mol. The second-order valence-corrected chi connectivity index (χ2v) is 8.96. The standard InChI is InChI=1S/C25H31N3O5/c1-17-14-28(15-18(2)33-17)24(30)21-5-3-19(4-6-21)13-26-23(29)20-7-10-27(11-8-20)25(31)22-9-12-32-16-22/h3-6,9,12,16-18,20H,7-8,10-11,13-15H2,1-2H3,(H,26,29). The fourth-order valence-corrected chi connectivity index (χ4v) is 4.54. The molecule has 8 nitrogen and oxygen atoms in total. The molecule has 1 aromatic heterocycles. The highest BCUT2D eigenvalue weighted by molar-refractivity contribution is 5.94. The van der Waals surface area contributed by atoms with Crippen molar-refractivity contribution in [2.75, 3.05) is 26.2 Å². The lowest BCUT2D eigenvalue weighted by Crippen LogP contribution is -2.48. The summed E-state index contributed by atoms with van der Waals surface area (Å²) in [5.74, 6) is -0.158. The van der Waals surface area contributed by atoms with E-state index in [0.717, 1.165) is 5.56 Å². The van der Waals surface area contributed by atoms with Crippen LogP contribution < -0.4 is 5.32 Å². The number of piperidine rings is 1. The molecule has 3 heterocycles. The molecule has 2 aliphatic heterocycles. The average molecular weight is 454 g/mol. The van der Waals surface area contributed by atoms with Crippen molar-refractivity contribution in [3.8, 4) is 0 Å². The minimum Gasteiger partial charge on any atom is -0.472 e. The van der Waals surface area contributed by atoms with Crippen LogP contribution in [0.5, 0.6) is 0 Å². The highest BCUT2D eigenvalue weighted by atomic mass is 16.5. The molecular weight excluding hydrogens is 422 g/mol. The number of benzene rings is 1. The molecule has 176 valence electrons. The summed E-state index contributed by atoms with van der Waals surface area (Å²) in [5, 5.41) is 2.99. The van der Waals surface area contributed by atoms with E-state index in [1.807, 2.05) is 43.0 Å². The van der Waals surface area contributed by atoms with Crippen molar-refractivity contribution in [3.05, 3.63) is 59.5 Å². The molecule has 0 bridgehead atoms. The Hall–Kier alpha value is -3.13. The SMILES string of the molecule is CC1CN(C(=O)c2ccc(CNC(=O)C3CCN(C(=O)c4ccoc4)CC3)cc2)CC(C)O1. The Morgan fingerprint density at radius 2 is 1.55 bits per heavy atom. The zero-order valence-corrected chi connectivity index (χ0v) is 19.2. The summed E-state index contributed by atoms with van der Waals surface area (Å²) in [7, 11) is 0. The van der Waals surface area contributed by atoms with Crippen LogP contribution in [0, 0.1) is 5.92 Å². The highest BCUT2D eigenvalue weighted by Gasteiger charge is 2.28. The Kier molecular flexibility index (Phi) is 7.13. The fourth-order valence-electron chi connectivity index (χ4n) is 4.54. The number of carbonyl (C=O) groups excluding carboxylic acids is 3. The van der Waals surface area contributed by atoms with Gasteiger partial charge in [0.25, 0.3) is 11.8 Å². The minimum absolute atomic E-state index is 0.00172. The Morgan fingerprint density at radius 3 is 2.15 bits per heavy atom. The molecule has 1 N–H and O–H groups in total. The molecule has 3 amide bonds. The molecule has 2 atom stereocenters. The second-order valence-electron chi connectivity index (χ2n) is 8.96. The summed E-state index contributed by atoms with van der Waals surface area (Å²) in [4.78, 5) is 41.4. The lowest BCUT2D eigenvalue weighted by atomic mass is 9.95. The van der Waals surface area contributed by atoms with Crippen molar-refractivity contribution in [1.29, 1.82) is 0 Å². The topological polar surface area (TPSA) is 92.1 Å². The van der Waals surface area contributed by atoms with Crippen LogP contribution in [0.2, 0.25) is 0 Å². The van der Waals surface area contributed by atoms with E-state index in [1.54, 1.807) is 11.0 Å². The predicted octanol–water partition coefficient (Wildman–Crippen LogP) is 2.70. The van der Waals surface area contributed by atoms with Crippen LogP contribution in [-0.4, -0.2) is 65.9 Å². The summed E-state index contributed by atoms with van der Waals surface area (Å²) in [6, 6.07) is 9.05. The van der Waals surface area contributed by atoms with E-state index in [1.165, 1.54) is 12.5 Å². The van der Waals surface area contributed by atoms with E-state index >= 15 is 0 Å². The molecule has 2 saturated heterocycles. The zero-order valence-electron chi connectivity index (χ0n) is 19.2. The van der Waals surface area contributed by atoms with Gasteiger partial charge in [0.2, 0.25) is 5.91 Å². The lowest BCUT2D eigenvalue weighted by molar-refractivity contribution is -0.126. The van der Waals surface area contributed by atoms with E-state index < -0.39 is 0 Å². The molecule has 33 heavy (non-hydrogen) atoms. The minimum atomic E-state index is -0.107. The van der Waals surface area contributed by atoms with Crippen LogP contribution in [-0.2, 0) is 16.1 Å². The molecule has 2 fully saturated rings. The van der Waals surface area contributed by atoms with Gasteiger partial charge in [-0.3, -0.25) is 14.4 Å². The van der Waals surface area contributed by atoms with Crippen molar-refractivity contribution >= 4 is 17.7 Å². The number of rotatable bonds is 5. The van der Waals surface area contributed by atoms with Crippen molar-refractivity contribution in [2.24, 2.45) is 5.92 Å². The molecule has 2 unspecified atom stereocenters. The summed E-state index contributed by atoms with van der Waals surface area (Å²) >= 11 is 0. The van der Waals surface area contributed by atoms with Gasteiger partial charge in [-0.15, -0.1) is 0 Å². The number of ether oxygens (including phenoxy) is 1. The number of carbonyl (C=O) groups is 3. The van der Waals surface area contributed by atoms with Crippen LogP contribution in [0.15, 0.2) is 47.3 Å². The molecule has 0 aliphatic carbocycles. The number of morpholine rings is 1. The van der Waals surface area contributed by atoms with Crippen LogP contribution in [0.1, 0.15) is 53.0 Å². The first-order chi connectivity index (χ1) is 15.9. The van der Waals surface area contributed by atoms with Crippen LogP contribution >= 0.6 is 0 Å². The third kappa shape index (κ3) is 5.63. The first-order valence-electron chi connectivity index (χ1n) is 11.5. The van der Waals surface area contributed by atoms with Gasteiger partial charge in [0, 0.05) is 44.2 Å². The third-order valence-electron chi connectivity index (χ3n) is 6.30. The number of hydrogen-bond donors (Lipinski definition) is 1. The number of nitrogens with one attached hydrogen (secondary N) is 1. The smallest absolute Gasteiger partial charge is 0.257 e. The third-order valence-corrected chi connectivity index (χ3v) is 6.30. The van der Waals surface area contributed by atoms with Crippen LogP contribution in [0.25, 0.3) is 0 Å². The van der Waals surface area contributed by atoms with Crippen molar-refractivity contribution in [1.82, 2.24) is 15.1 Å². The van der Waals surface area contributed by atoms with Gasteiger partial charge in [0.1, 0.15) is 6.26 Å². The Labute approximate surface area is 193 Å². The van der Waals surface area contributed by atoms with Gasteiger partial charge in [-0.05, 0) is 50.5 Å². The van der Waals surface area contributed by atoms with Crippen molar-refractivity contribution in [2.45, 2.75) is 45.4 Å². The molecule has 0 spiro atoms. The van der Waals surface area contributed by atoms with Gasteiger partial charge >= 0.3 is 0 Å². The van der Waals surface area contributed by atoms with Gasteiger partial charge < -0.3 is 24.3 Å². The van der Waals surface area contributed by atoms with E-state index in [4.69, 9.17) is 9.15 Å². The molecule has 0 radical (unpaired) electrons. The highest BCUT2D eigenvalue weighted by Crippen LogP contribution is 2.20. The second kappa shape index (κ2) is 10.2. The summed E-state index contributed by atoms with van der Waals surface area (Å²) < 4.78 is 10.7. The molecule has 4 rings (SSSR count). The number of hydrogen-bond acceptors (Lipinski definition) is 5. The average Bonchev–Trinajstić information content (AvgIpc) is 3.36. The van der Waals surface area contributed by atoms with Crippen LogP contribution in [0.3, 0.4) is 0 Å². The van der Waals surface area contributed by atoms with E-state index in [9.17, 15) is 14.4 Å². The van der Waals surface area contributed by atoms with E-state index in [-0.39, 0.29) is 35.8 Å². The normalized spacial score (nSPS) is 21.6. The zero-order chi connectivity index (χ0) is 23.4. The van der Waals surface area contributed by atoms with E-state index in [0.29, 0.717) is 56.7 Å². The monoisotopic (exact) mass is 453 g/mol. The largest absolute Gasteiger partial charge is 0.472 e. The van der Waals surface area contributed by atoms with Crippen molar-refractivity contribution < 1.29 is 23.5 Å². The maximum absolute atomic E-state index is 12.8. The fraction of sp³-hybridized carbons (Fsp3) is 0.480. The van der Waals surface area contributed by atoms with Crippen LogP contribution in [0.4, 0.5) is 0 Å². The number of amides is 3. The van der Waals surface area contributed by atoms with Gasteiger partial charge in [-0.1, -0.05) is 12.1 Å². The van der Waals surface area contributed by atoms with Gasteiger partial charge in [0.15, 0.2) is 0 Å². The van der Waals surface area contributed by atoms with Gasteiger partial charge in [-0.2, -0.15) is 0 Å². The molecule has 0 saturated carbocycles. The quantitative estimate of drug-likeness (QED) is 0.752. The maximum atomic E-state index is 12.8. The Balaban J connectivity index is 1.23. The Bertz CT molecular complexity index is 954. The van der Waals surface area contributed by atoms with Crippen molar-refractivity contribution in [3.63, 3.8) is 0 Å². The first kappa shape index (κ1) is 23.0. The number of likely N-dealkylation sites (tertiary alicyclic amines) is 1. The van der Waals surface area contributed by atoms with Gasteiger partial charge in [0.05, 0.1) is 24.0 Å². The molecule has 8 heteroatoms. The maximum Gasteiger partial charge on any atom is 0.257 e. The number of furan rings is 1. The van der Waals surface area contributed by atoms with E-state index in [2.05, 4.69) is 5.32 Å². The molecule has 2 aliphatic rings. The summed E-state index contributed by atoms with van der Waals surface area (Å²) in [6.07, 6.45) is 4.27.